The molecule has 0 fully saturated rings. The lowest BCUT2D eigenvalue weighted by molar-refractivity contribution is 0.0526. The van der Waals surface area contributed by atoms with Crippen LogP contribution in [0, 0.1) is 0 Å². The second-order valence-electron chi connectivity index (χ2n) is 4.40. The molecule has 1 aliphatic rings. The Balaban J connectivity index is 0.00000200. The molecule has 0 bridgehead atoms. The molecular formula is C14H20IN3O2. The zero-order valence-electron chi connectivity index (χ0n) is 11.8. The van der Waals surface area contributed by atoms with Crippen molar-refractivity contribution in [2.45, 2.75) is 13.5 Å². The predicted molar refractivity (Wildman–Crippen MR) is 89.6 cm³/mol. The number of ether oxygens (including phenoxy) is 1. The highest BCUT2D eigenvalue weighted by Gasteiger charge is 2.11. The summed E-state index contributed by atoms with van der Waals surface area (Å²) in [6, 6.07) is 7.42. The van der Waals surface area contributed by atoms with Crippen LogP contribution >= 0.6 is 24.0 Å². The number of likely N-dealkylation sites (N-methyl/N-ethyl adjacent to an activating group) is 1. The lowest BCUT2D eigenvalue weighted by Crippen LogP contribution is -2.35. The van der Waals surface area contributed by atoms with E-state index in [-0.39, 0.29) is 29.9 Å². The normalized spacial score (nSPS) is 13.5. The Kier molecular flexibility index (Phi) is 6.77. The summed E-state index contributed by atoms with van der Waals surface area (Å²) in [5.74, 6) is 0.649. The van der Waals surface area contributed by atoms with Crippen molar-refractivity contribution >= 4 is 35.9 Å². The Morgan fingerprint density at radius 3 is 2.65 bits per heavy atom. The molecule has 2 rings (SSSR count). The summed E-state index contributed by atoms with van der Waals surface area (Å²) in [5, 5.41) is 3.28. The quantitative estimate of drug-likeness (QED) is 0.631. The maximum atomic E-state index is 11.5. The van der Waals surface area contributed by atoms with Crippen molar-refractivity contribution in [3.63, 3.8) is 0 Å². The molecule has 1 N–H and O–H groups in total. The van der Waals surface area contributed by atoms with Gasteiger partial charge in [0, 0.05) is 20.1 Å². The molecule has 20 heavy (non-hydrogen) atoms. The Hall–Kier alpha value is -1.31. The summed E-state index contributed by atoms with van der Waals surface area (Å²) in [5.41, 5.74) is 1.69. The fourth-order valence-corrected chi connectivity index (χ4v) is 1.88. The first kappa shape index (κ1) is 16.7. The number of carbonyl (C=O) groups is 1. The van der Waals surface area contributed by atoms with Gasteiger partial charge in [-0.2, -0.15) is 0 Å². The van der Waals surface area contributed by atoms with E-state index in [9.17, 15) is 4.79 Å². The Morgan fingerprint density at radius 1 is 1.40 bits per heavy atom. The summed E-state index contributed by atoms with van der Waals surface area (Å²) < 4.78 is 4.94. The van der Waals surface area contributed by atoms with Gasteiger partial charge < -0.3 is 15.0 Å². The summed E-state index contributed by atoms with van der Waals surface area (Å²) >= 11 is 0. The van der Waals surface area contributed by atoms with E-state index in [1.807, 2.05) is 19.2 Å². The standard InChI is InChI=1S/C14H19N3O2.HI/c1-3-19-13(18)12-6-4-11(5-7-12)10-16-14-15-8-9-17(14)2;/h4-7H,3,8-10H2,1-2H3,(H,15,16);1H. The van der Waals surface area contributed by atoms with Crippen molar-refractivity contribution in [2.24, 2.45) is 4.99 Å². The maximum absolute atomic E-state index is 11.5. The number of benzene rings is 1. The zero-order chi connectivity index (χ0) is 13.7. The first-order valence-electron chi connectivity index (χ1n) is 6.46. The number of hydrogen-bond acceptors (Lipinski definition) is 5. The molecule has 5 nitrogen and oxygen atoms in total. The number of nitrogens with zero attached hydrogens (tertiary/aromatic N) is 2. The first-order chi connectivity index (χ1) is 9.20. The van der Waals surface area contributed by atoms with Gasteiger partial charge in [-0.15, -0.1) is 24.0 Å². The minimum absolute atomic E-state index is 0. The summed E-state index contributed by atoms with van der Waals surface area (Å²) in [6.45, 7) is 4.71. The monoisotopic (exact) mass is 389 g/mol. The highest BCUT2D eigenvalue weighted by atomic mass is 127. The van der Waals surface area contributed by atoms with Gasteiger partial charge >= 0.3 is 5.97 Å². The SMILES string of the molecule is CCOC(=O)c1ccc(CNC2=NCCN2C)cc1.I. The van der Waals surface area contributed by atoms with E-state index >= 15 is 0 Å². The number of esters is 1. The molecule has 110 valence electrons. The molecule has 1 heterocycles. The third kappa shape index (κ3) is 4.36. The number of hydrogen-bond donors (Lipinski definition) is 1. The van der Waals surface area contributed by atoms with Gasteiger partial charge in [-0.1, -0.05) is 12.1 Å². The van der Waals surface area contributed by atoms with Crippen molar-refractivity contribution in [3.05, 3.63) is 35.4 Å². The van der Waals surface area contributed by atoms with E-state index in [0.29, 0.717) is 18.7 Å². The van der Waals surface area contributed by atoms with Crippen LogP contribution in [0.5, 0.6) is 0 Å². The number of rotatable bonds is 4. The highest BCUT2D eigenvalue weighted by Crippen LogP contribution is 2.06. The van der Waals surface area contributed by atoms with E-state index in [4.69, 9.17) is 4.74 Å². The number of guanidine groups is 1. The van der Waals surface area contributed by atoms with Gasteiger partial charge in [0.15, 0.2) is 5.96 Å². The molecule has 6 heteroatoms. The third-order valence-corrected chi connectivity index (χ3v) is 2.97. The smallest absolute Gasteiger partial charge is 0.338 e. The lowest BCUT2D eigenvalue weighted by Gasteiger charge is -2.15. The van der Waals surface area contributed by atoms with E-state index in [0.717, 1.165) is 24.6 Å². The van der Waals surface area contributed by atoms with Crippen LogP contribution in [0.15, 0.2) is 29.3 Å². The molecular weight excluding hydrogens is 369 g/mol. The van der Waals surface area contributed by atoms with Crippen LogP contribution in [0.25, 0.3) is 0 Å². The van der Waals surface area contributed by atoms with Crippen LogP contribution in [0.1, 0.15) is 22.8 Å². The topological polar surface area (TPSA) is 53.9 Å². The van der Waals surface area contributed by atoms with Gasteiger partial charge in [-0.05, 0) is 24.6 Å². The van der Waals surface area contributed by atoms with E-state index in [2.05, 4.69) is 15.2 Å². The van der Waals surface area contributed by atoms with Gasteiger partial charge in [-0.3, -0.25) is 4.99 Å². The predicted octanol–water partition coefficient (Wildman–Crippen LogP) is 1.87. The number of carbonyl (C=O) groups excluding carboxylic acids is 1. The lowest BCUT2D eigenvalue weighted by atomic mass is 10.1. The summed E-state index contributed by atoms with van der Waals surface area (Å²) in [4.78, 5) is 18.0. The number of halogens is 1. The second kappa shape index (κ2) is 8.08. The van der Waals surface area contributed by atoms with Crippen LogP contribution in [0.3, 0.4) is 0 Å². The fraction of sp³-hybridized carbons (Fsp3) is 0.429. The van der Waals surface area contributed by atoms with Crippen LogP contribution < -0.4 is 5.32 Å². The van der Waals surface area contributed by atoms with Crippen LogP contribution in [-0.4, -0.2) is 43.6 Å². The molecule has 0 aliphatic carbocycles. The van der Waals surface area contributed by atoms with Crippen molar-refractivity contribution < 1.29 is 9.53 Å². The van der Waals surface area contributed by atoms with E-state index in [1.54, 1.807) is 19.1 Å². The van der Waals surface area contributed by atoms with Gasteiger partial charge in [0.25, 0.3) is 0 Å². The fourth-order valence-electron chi connectivity index (χ4n) is 1.88. The molecule has 0 unspecified atom stereocenters. The molecule has 1 aromatic carbocycles. The van der Waals surface area contributed by atoms with Gasteiger partial charge in [-0.25, -0.2) is 4.79 Å². The summed E-state index contributed by atoms with van der Waals surface area (Å²) in [7, 11) is 2.02. The van der Waals surface area contributed by atoms with Crippen LogP contribution in [0.2, 0.25) is 0 Å². The van der Waals surface area contributed by atoms with Gasteiger partial charge in [0.2, 0.25) is 0 Å². The van der Waals surface area contributed by atoms with Crippen LogP contribution in [-0.2, 0) is 11.3 Å². The van der Waals surface area contributed by atoms with Crippen molar-refractivity contribution in [3.8, 4) is 0 Å². The van der Waals surface area contributed by atoms with Crippen molar-refractivity contribution in [1.29, 1.82) is 0 Å². The van der Waals surface area contributed by atoms with Gasteiger partial charge in [0.1, 0.15) is 0 Å². The molecule has 0 amide bonds. The maximum Gasteiger partial charge on any atom is 0.338 e. The largest absolute Gasteiger partial charge is 0.462 e. The van der Waals surface area contributed by atoms with Gasteiger partial charge in [0.05, 0.1) is 18.7 Å². The minimum atomic E-state index is -0.276. The average molecular weight is 389 g/mol. The molecule has 0 aromatic heterocycles. The number of aliphatic imine (C=N–C) groups is 1. The Morgan fingerprint density at radius 2 is 2.10 bits per heavy atom. The summed E-state index contributed by atoms with van der Waals surface area (Å²) in [6.07, 6.45) is 0. The van der Waals surface area contributed by atoms with E-state index in [1.165, 1.54) is 0 Å². The van der Waals surface area contributed by atoms with E-state index < -0.39 is 0 Å². The molecule has 0 spiro atoms. The first-order valence-corrected chi connectivity index (χ1v) is 6.46. The third-order valence-electron chi connectivity index (χ3n) is 2.97. The molecule has 1 aromatic rings. The number of nitrogens with one attached hydrogen (secondary N) is 1. The van der Waals surface area contributed by atoms with Crippen molar-refractivity contribution in [2.75, 3.05) is 26.7 Å². The molecule has 0 saturated carbocycles. The minimum Gasteiger partial charge on any atom is -0.462 e. The Labute approximate surface area is 136 Å². The zero-order valence-corrected chi connectivity index (χ0v) is 14.1. The van der Waals surface area contributed by atoms with Crippen LogP contribution in [0.4, 0.5) is 0 Å². The molecule has 0 saturated heterocycles. The average Bonchev–Trinajstić information content (AvgIpc) is 2.83. The Bertz CT molecular complexity index is 474. The second-order valence-corrected chi connectivity index (χ2v) is 4.40. The molecule has 1 aliphatic heterocycles. The highest BCUT2D eigenvalue weighted by molar-refractivity contribution is 14.0. The molecule has 0 atom stereocenters. The molecule has 0 radical (unpaired) electrons. The van der Waals surface area contributed by atoms with Crippen molar-refractivity contribution in [1.82, 2.24) is 10.2 Å².